The number of rotatable bonds is 5. The Labute approximate surface area is 160 Å². The van der Waals surface area contributed by atoms with Gasteiger partial charge in [-0.2, -0.15) is 0 Å². The fourth-order valence-electron chi connectivity index (χ4n) is 3.24. The number of nitrogens with zero attached hydrogens (tertiary/aromatic N) is 3. The van der Waals surface area contributed by atoms with Gasteiger partial charge in [-0.05, 0) is 36.4 Å². The normalized spacial score (nSPS) is 16.6. The standard InChI is InChI=1S/C20H29N5S/c1-20(2,17-7-6-14-26-17)15-23-19(21-3)24-16-9-12-25(13-10-16)18-8-4-5-11-22-18/h4-8,11,14,16H,9-10,12-13,15H2,1-3H3,(H2,21,23,24). The van der Waals surface area contributed by atoms with Gasteiger partial charge in [0, 0.05) is 49.2 Å². The van der Waals surface area contributed by atoms with Crippen LogP contribution in [0.25, 0.3) is 0 Å². The van der Waals surface area contributed by atoms with Gasteiger partial charge in [0.25, 0.3) is 0 Å². The van der Waals surface area contributed by atoms with Crippen molar-refractivity contribution in [2.24, 2.45) is 4.99 Å². The summed E-state index contributed by atoms with van der Waals surface area (Å²) >= 11 is 1.81. The zero-order chi connectivity index (χ0) is 18.4. The van der Waals surface area contributed by atoms with Crippen molar-refractivity contribution in [3.05, 3.63) is 46.8 Å². The Morgan fingerprint density at radius 1 is 1.27 bits per heavy atom. The van der Waals surface area contributed by atoms with Crippen LogP contribution in [0.1, 0.15) is 31.6 Å². The number of nitrogens with one attached hydrogen (secondary N) is 2. The molecule has 1 fully saturated rings. The molecule has 0 unspecified atom stereocenters. The first kappa shape index (κ1) is 18.7. The van der Waals surface area contributed by atoms with Gasteiger partial charge in [0.1, 0.15) is 5.82 Å². The average Bonchev–Trinajstić information content (AvgIpc) is 3.22. The van der Waals surface area contributed by atoms with Crippen molar-refractivity contribution in [2.45, 2.75) is 38.1 Å². The van der Waals surface area contributed by atoms with Crippen LogP contribution in [0.2, 0.25) is 0 Å². The third-order valence-corrected chi connectivity index (χ3v) is 6.15. The van der Waals surface area contributed by atoms with E-state index in [0.717, 1.165) is 44.3 Å². The minimum absolute atomic E-state index is 0.0914. The Morgan fingerprint density at radius 3 is 2.69 bits per heavy atom. The predicted molar refractivity (Wildman–Crippen MR) is 111 cm³/mol. The van der Waals surface area contributed by atoms with E-state index in [1.54, 1.807) is 0 Å². The summed E-state index contributed by atoms with van der Waals surface area (Å²) in [7, 11) is 1.84. The summed E-state index contributed by atoms with van der Waals surface area (Å²) < 4.78 is 0. The second kappa shape index (κ2) is 8.54. The quantitative estimate of drug-likeness (QED) is 0.626. The zero-order valence-corrected chi connectivity index (χ0v) is 16.7. The smallest absolute Gasteiger partial charge is 0.191 e. The number of anilines is 1. The summed E-state index contributed by atoms with van der Waals surface area (Å²) in [5.41, 5.74) is 0.0914. The summed E-state index contributed by atoms with van der Waals surface area (Å²) in [4.78, 5) is 12.6. The largest absolute Gasteiger partial charge is 0.356 e. The van der Waals surface area contributed by atoms with E-state index in [1.807, 2.05) is 36.7 Å². The molecule has 0 aromatic carbocycles. The lowest BCUT2D eigenvalue weighted by molar-refractivity contribution is 0.453. The average molecular weight is 372 g/mol. The van der Waals surface area contributed by atoms with Crippen LogP contribution in [-0.4, -0.2) is 43.7 Å². The fraction of sp³-hybridized carbons (Fsp3) is 0.500. The van der Waals surface area contributed by atoms with Crippen molar-refractivity contribution >= 4 is 23.1 Å². The van der Waals surface area contributed by atoms with Crippen LogP contribution >= 0.6 is 11.3 Å². The molecule has 0 bridgehead atoms. The van der Waals surface area contributed by atoms with Crippen molar-refractivity contribution in [3.8, 4) is 0 Å². The predicted octanol–water partition coefficient (Wildman–Crippen LogP) is 3.25. The van der Waals surface area contributed by atoms with Gasteiger partial charge < -0.3 is 15.5 Å². The van der Waals surface area contributed by atoms with E-state index >= 15 is 0 Å². The number of piperidine rings is 1. The summed E-state index contributed by atoms with van der Waals surface area (Å²) in [5.74, 6) is 1.97. The molecule has 26 heavy (non-hydrogen) atoms. The number of aliphatic imine (C=N–C) groups is 1. The molecule has 2 aromatic rings. The van der Waals surface area contributed by atoms with Gasteiger partial charge in [0.05, 0.1) is 0 Å². The molecule has 0 atom stereocenters. The van der Waals surface area contributed by atoms with Crippen molar-refractivity contribution in [1.29, 1.82) is 0 Å². The molecular weight excluding hydrogens is 342 g/mol. The van der Waals surface area contributed by atoms with Crippen LogP contribution in [-0.2, 0) is 5.41 Å². The van der Waals surface area contributed by atoms with E-state index in [0.29, 0.717) is 6.04 Å². The lowest BCUT2D eigenvalue weighted by Crippen LogP contribution is -2.50. The molecule has 1 aliphatic heterocycles. The summed E-state index contributed by atoms with van der Waals surface area (Å²) in [6.07, 6.45) is 4.04. The monoisotopic (exact) mass is 371 g/mol. The number of aromatic nitrogens is 1. The van der Waals surface area contributed by atoms with Crippen LogP contribution in [0.3, 0.4) is 0 Å². The van der Waals surface area contributed by atoms with Gasteiger partial charge in [-0.1, -0.05) is 26.0 Å². The molecule has 2 aromatic heterocycles. The van der Waals surface area contributed by atoms with Gasteiger partial charge in [-0.3, -0.25) is 4.99 Å². The lowest BCUT2D eigenvalue weighted by Gasteiger charge is -2.34. The highest BCUT2D eigenvalue weighted by Gasteiger charge is 2.24. The zero-order valence-electron chi connectivity index (χ0n) is 15.9. The summed E-state index contributed by atoms with van der Waals surface area (Å²) in [5, 5.41) is 9.24. The highest BCUT2D eigenvalue weighted by molar-refractivity contribution is 7.10. The minimum Gasteiger partial charge on any atom is -0.356 e. The van der Waals surface area contributed by atoms with Crippen LogP contribution in [0, 0.1) is 0 Å². The van der Waals surface area contributed by atoms with Crippen LogP contribution < -0.4 is 15.5 Å². The summed E-state index contributed by atoms with van der Waals surface area (Å²) in [6.45, 7) is 7.44. The Hall–Kier alpha value is -2.08. The van der Waals surface area contributed by atoms with E-state index in [2.05, 4.69) is 62.9 Å². The molecule has 6 heteroatoms. The fourth-order valence-corrected chi connectivity index (χ4v) is 4.09. The maximum absolute atomic E-state index is 4.46. The second-order valence-electron chi connectivity index (χ2n) is 7.38. The molecule has 3 heterocycles. The Morgan fingerprint density at radius 2 is 2.08 bits per heavy atom. The van der Waals surface area contributed by atoms with E-state index in [-0.39, 0.29) is 5.41 Å². The third-order valence-electron chi connectivity index (χ3n) is 4.92. The molecule has 0 aliphatic carbocycles. The van der Waals surface area contributed by atoms with Crippen molar-refractivity contribution < 1.29 is 0 Å². The molecule has 3 rings (SSSR count). The third kappa shape index (κ3) is 4.75. The Bertz CT molecular complexity index is 688. The first-order chi connectivity index (χ1) is 12.6. The topological polar surface area (TPSA) is 52.6 Å². The highest BCUT2D eigenvalue weighted by Crippen LogP contribution is 2.26. The Balaban J connectivity index is 1.47. The molecule has 0 spiro atoms. The van der Waals surface area contributed by atoms with Gasteiger partial charge in [0.2, 0.25) is 0 Å². The number of hydrogen-bond acceptors (Lipinski definition) is 4. The molecule has 2 N–H and O–H groups in total. The molecule has 5 nitrogen and oxygen atoms in total. The number of guanidine groups is 1. The summed E-state index contributed by atoms with van der Waals surface area (Å²) in [6, 6.07) is 10.9. The van der Waals surface area contributed by atoms with Crippen LogP contribution in [0.4, 0.5) is 5.82 Å². The van der Waals surface area contributed by atoms with E-state index in [9.17, 15) is 0 Å². The number of thiophene rings is 1. The maximum atomic E-state index is 4.46. The molecule has 140 valence electrons. The van der Waals surface area contributed by atoms with Crippen molar-refractivity contribution in [2.75, 3.05) is 31.6 Å². The molecule has 1 aliphatic rings. The minimum atomic E-state index is 0.0914. The molecule has 0 radical (unpaired) electrons. The van der Waals surface area contributed by atoms with E-state index < -0.39 is 0 Å². The molecular formula is C20H29N5S. The highest BCUT2D eigenvalue weighted by atomic mass is 32.1. The molecule has 0 saturated carbocycles. The lowest BCUT2D eigenvalue weighted by atomic mass is 9.91. The first-order valence-electron chi connectivity index (χ1n) is 9.25. The SMILES string of the molecule is CN=C(NCC(C)(C)c1cccs1)NC1CCN(c2ccccn2)CC1. The Kier molecular flexibility index (Phi) is 6.14. The second-order valence-corrected chi connectivity index (χ2v) is 8.33. The number of pyridine rings is 1. The maximum Gasteiger partial charge on any atom is 0.191 e. The van der Waals surface area contributed by atoms with Gasteiger partial charge >= 0.3 is 0 Å². The van der Waals surface area contributed by atoms with E-state index in [4.69, 9.17) is 0 Å². The van der Waals surface area contributed by atoms with Gasteiger partial charge in [0.15, 0.2) is 5.96 Å². The molecule has 0 amide bonds. The number of hydrogen-bond donors (Lipinski definition) is 2. The molecule has 1 saturated heterocycles. The van der Waals surface area contributed by atoms with Crippen molar-refractivity contribution in [3.63, 3.8) is 0 Å². The first-order valence-corrected chi connectivity index (χ1v) is 10.1. The van der Waals surface area contributed by atoms with Gasteiger partial charge in [-0.15, -0.1) is 11.3 Å². The van der Waals surface area contributed by atoms with Crippen LogP contribution in [0.15, 0.2) is 46.9 Å². The van der Waals surface area contributed by atoms with Crippen LogP contribution in [0.5, 0.6) is 0 Å². The van der Waals surface area contributed by atoms with Gasteiger partial charge in [-0.25, -0.2) is 4.98 Å². The van der Waals surface area contributed by atoms with Crippen molar-refractivity contribution in [1.82, 2.24) is 15.6 Å². The van der Waals surface area contributed by atoms with E-state index in [1.165, 1.54) is 4.88 Å².